The summed E-state index contributed by atoms with van der Waals surface area (Å²) in [5.74, 6) is 1.67. The van der Waals surface area contributed by atoms with E-state index in [1.807, 2.05) is 36.4 Å². The predicted molar refractivity (Wildman–Crippen MR) is 115 cm³/mol. The van der Waals surface area contributed by atoms with Crippen molar-refractivity contribution in [3.05, 3.63) is 72.4 Å². The van der Waals surface area contributed by atoms with E-state index in [4.69, 9.17) is 9.47 Å². The monoisotopic (exact) mass is 391 g/mol. The van der Waals surface area contributed by atoms with Crippen molar-refractivity contribution >= 4 is 23.1 Å². The third kappa shape index (κ3) is 5.48. The molecule has 0 aliphatic carbocycles. The number of hydrogen-bond acceptors (Lipinski definition) is 5. The molecule has 0 saturated carbocycles. The van der Waals surface area contributed by atoms with Gasteiger partial charge in [0.05, 0.1) is 19.0 Å². The molecule has 6 heteroatoms. The van der Waals surface area contributed by atoms with Gasteiger partial charge in [-0.2, -0.15) is 0 Å². The quantitative estimate of drug-likeness (QED) is 0.567. The zero-order chi connectivity index (χ0) is 20.6. The van der Waals surface area contributed by atoms with Crippen molar-refractivity contribution in [2.24, 2.45) is 0 Å². The topological polar surface area (TPSA) is 72.5 Å². The van der Waals surface area contributed by atoms with Gasteiger partial charge in [0.15, 0.2) is 18.1 Å². The minimum Gasteiger partial charge on any atom is -0.493 e. The summed E-state index contributed by atoms with van der Waals surface area (Å²) in [6, 6.07) is 19.0. The Bertz CT molecular complexity index is 956. The molecule has 3 rings (SSSR count). The Kier molecular flexibility index (Phi) is 6.68. The number of para-hydroxylation sites is 3. The van der Waals surface area contributed by atoms with Gasteiger partial charge in [0, 0.05) is 5.69 Å². The van der Waals surface area contributed by atoms with E-state index in [2.05, 4.69) is 35.5 Å². The highest BCUT2D eigenvalue weighted by molar-refractivity contribution is 5.91. The van der Waals surface area contributed by atoms with Crippen LogP contribution in [0.4, 0.5) is 17.2 Å². The van der Waals surface area contributed by atoms with Crippen LogP contribution in [0.1, 0.15) is 25.3 Å². The number of nitrogens with one attached hydrogen (secondary N) is 2. The smallest absolute Gasteiger partial charge is 0.263 e. The van der Waals surface area contributed by atoms with E-state index < -0.39 is 0 Å². The van der Waals surface area contributed by atoms with E-state index in [0.717, 1.165) is 11.4 Å². The number of carbonyl (C=O) groups is 1. The molecule has 1 heterocycles. The van der Waals surface area contributed by atoms with Crippen LogP contribution in [0.15, 0.2) is 66.9 Å². The van der Waals surface area contributed by atoms with Gasteiger partial charge in [-0.1, -0.05) is 44.2 Å². The summed E-state index contributed by atoms with van der Waals surface area (Å²) in [7, 11) is 1.56. The molecule has 0 aliphatic rings. The minimum atomic E-state index is -0.297. The molecular formula is C23H25N3O3. The molecule has 0 unspecified atom stereocenters. The number of hydrogen-bond donors (Lipinski definition) is 2. The molecule has 0 bridgehead atoms. The summed E-state index contributed by atoms with van der Waals surface area (Å²) < 4.78 is 10.7. The molecule has 0 fully saturated rings. The van der Waals surface area contributed by atoms with Crippen molar-refractivity contribution in [3.63, 3.8) is 0 Å². The molecule has 2 N–H and O–H groups in total. The van der Waals surface area contributed by atoms with E-state index in [1.165, 1.54) is 5.56 Å². The van der Waals surface area contributed by atoms with Crippen LogP contribution >= 0.6 is 0 Å². The molecule has 6 nitrogen and oxygen atoms in total. The predicted octanol–water partition coefficient (Wildman–Crippen LogP) is 4.97. The lowest BCUT2D eigenvalue weighted by Crippen LogP contribution is -2.20. The Hall–Kier alpha value is -3.54. The maximum absolute atomic E-state index is 12.1. The maximum Gasteiger partial charge on any atom is 0.263 e. The molecule has 0 spiro atoms. The number of pyridine rings is 1. The van der Waals surface area contributed by atoms with Crippen LogP contribution in [-0.2, 0) is 4.79 Å². The van der Waals surface area contributed by atoms with Gasteiger partial charge in [-0.25, -0.2) is 4.98 Å². The summed E-state index contributed by atoms with van der Waals surface area (Å²) in [5, 5.41) is 6.11. The van der Waals surface area contributed by atoms with Crippen molar-refractivity contribution < 1.29 is 14.3 Å². The summed E-state index contributed by atoms with van der Waals surface area (Å²) in [5.41, 5.74) is 3.13. The third-order valence-electron chi connectivity index (χ3n) is 4.32. The molecule has 0 atom stereocenters. The maximum atomic E-state index is 12.1. The van der Waals surface area contributed by atoms with Crippen LogP contribution in [0.5, 0.6) is 11.5 Å². The fourth-order valence-corrected chi connectivity index (χ4v) is 2.87. The number of rotatable bonds is 8. The SMILES string of the molecule is COc1ccccc1OCC(=O)Nc1ccc(Nc2ccccc2C(C)C)cn1. The number of carbonyl (C=O) groups excluding carboxylic acids is 1. The summed E-state index contributed by atoms with van der Waals surface area (Å²) in [6.07, 6.45) is 1.69. The van der Waals surface area contributed by atoms with Crippen molar-refractivity contribution in [1.82, 2.24) is 4.98 Å². The van der Waals surface area contributed by atoms with Crippen molar-refractivity contribution in [3.8, 4) is 11.5 Å². The highest BCUT2D eigenvalue weighted by Gasteiger charge is 2.09. The number of anilines is 3. The van der Waals surface area contributed by atoms with Gasteiger partial charge in [-0.3, -0.25) is 4.79 Å². The number of nitrogens with zero attached hydrogens (tertiary/aromatic N) is 1. The lowest BCUT2D eigenvalue weighted by atomic mass is 10.0. The van der Waals surface area contributed by atoms with Crippen molar-refractivity contribution in [1.29, 1.82) is 0 Å². The highest BCUT2D eigenvalue weighted by Crippen LogP contribution is 2.27. The van der Waals surface area contributed by atoms with E-state index in [0.29, 0.717) is 23.2 Å². The second-order valence-corrected chi connectivity index (χ2v) is 6.79. The van der Waals surface area contributed by atoms with Crippen LogP contribution in [0.3, 0.4) is 0 Å². The Morgan fingerprint density at radius 3 is 2.41 bits per heavy atom. The lowest BCUT2D eigenvalue weighted by molar-refractivity contribution is -0.118. The first-order valence-corrected chi connectivity index (χ1v) is 9.44. The summed E-state index contributed by atoms with van der Waals surface area (Å²) in [6.45, 7) is 4.18. The number of ether oxygens (including phenoxy) is 2. The molecule has 2 aromatic carbocycles. The van der Waals surface area contributed by atoms with Crippen molar-refractivity contribution in [2.75, 3.05) is 24.4 Å². The van der Waals surface area contributed by atoms with Gasteiger partial charge in [-0.05, 0) is 41.8 Å². The molecule has 0 radical (unpaired) electrons. The van der Waals surface area contributed by atoms with Crippen LogP contribution in [0.25, 0.3) is 0 Å². The van der Waals surface area contributed by atoms with Gasteiger partial charge in [-0.15, -0.1) is 0 Å². The van der Waals surface area contributed by atoms with Crippen LogP contribution in [0, 0.1) is 0 Å². The highest BCUT2D eigenvalue weighted by atomic mass is 16.5. The first-order chi connectivity index (χ1) is 14.1. The zero-order valence-corrected chi connectivity index (χ0v) is 16.8. The molecule has 29 heavy (non-hydrogen) atoms. The molecule has 0 saturated heterocycles. The zero-order valence-electron chi connectivity index (χ0n) is 16.8. The van der Waals surface area contributed by atoms with Gasteiger partial charge < -0.3 is 20.1 Å². The lowest BCUT2D eigenvalue weighted by Gasteiger charge is -2.14. The van der Waals surface area contributed by atoms with Crippen LogP contribution < -0.4 is 20.1 Å². The van der Waals surface area contributed by atoms with Crippen molar-refractivity contribution in [2.45, 2.75) is 19.8 Å². The molecule has 1 aromatic heterocycles. The number of amides is 1. The number of aromatic nitrogens is 1. The van der Waals surface area contributed by atoms with Gasteiger partial charge in [0.25, 0.3) is 5.91 Å². The standard InChI is InChI=1S/C23H25N3O3/c1-16(2)18-8-4-5-9-19(18)25-17-12-13-22(24-14-17)26-23(27)15-29-21-11-7-6-10-20(21)28-3/h4-14,16,25H,15H2,1-3H3,(H,24,26,27). The molecule has 0 aliphatic heterocycles. The average Bonchev–Trinajstić information content (AvgIpc) is 2.74. The average molecular weight is 391 g/mol. The number of methoxy groups -OCH3 is 1. The number of benzene rings is 2. The minimum absolute atomic E-state index is 0.135. The Morgan fingerprint density at radius 2 is 1.72 bits per heavy atom. The van der Waals surface area contributed by atoms with E-state index in [9.17, 15) is 4.79 Å². The molecule has 1 amide bonds. The Labute approximate surface area is 170 Å². The van der Waals surface area contributed by atoms with E-state index in [1.54, 1.807) is 31.5 Å². The second kappa shape index (κ2) is 9.59. The fraction of sp³-hybridized carbons (Fsp3) is 0.217. The van der Waals surface area contributed by atoms with Crippen LogP contribution in [-0.4, -0.2) is 24.6 Å². The molecule has 150 valence electrons. The van der Waals surface area contributed by atoms with E-state index in [-0.39, 0.29) is 12.5 Å². The van der Waals surface area contributed by atoms with Crippen LogP contribution in [0.2, 0.25) is 0 Å². The third-order valence-corrected chi connectivity index (χ3v) is 4.32. The second-order valence-electron chi connectivity index (χ2n) is 6.79. The van der Waals surface area contributed by atoms with Gasteiger partial charge >= 0.3 is 0 Å². The van der Waals surface area contributed by atoms with Gasteiger partial charge in [0.2, 0.25) is 0 Å². The van der Waals surface area contributed by atoms with E-state index >= 15 is 0 Å². The Balaban J connectivity index is 1.57. The first-order valence-electron chi connectivity index (χ1n) is 9.44. The largest absolute Gasteiger partial charge is 0.493 e. The first kappa shape index (κ1) is 20.2. The summed E-state index contributed by atoms with van der Waals surface area (Å²) in [4.78, 5) is 16.5. The fourth-order valence-electron chi connectivity index (χ4n) is 2.87. The van der Waals surface area contributed by atoms with Gasteiger partial charge in [0.1, 0.15) is 5.82 Å². The molecule has 3 aromatic rings. The molecular weight excluding hydrogens is 366 g/mol. The normalized spacial score (nSPS) is 10.5. The summed E-state index contributed by atoms with van der Waals surface area (Å²) >= 11 is 0. The Morgan fingerprint density at radius 1 is 1.00 bits per heavy atom.